The molecule has 1 rings (SSSR count). The van der Waals surface area contributed by atoms with Gasteiger partial charge in [0.1, 0.15) is 0 Å². The molecule has 0 atom stereocenters. The van der Waals surface area contributed by atoms with Crippen LogP contribution in [0, 0.1) is 0 Å². The summed E-state index contributed by atoms with van der Waals surface area (Å²) in [7, 11) is 0. The Hall–Kier alpha value is -1.52. The predicted molar refractivity (Wildman–Crippen MR) is 31.2 cm³/mol. The molecule has 5 nitrogen and oxygen atoms in total. The van der Waals surface area contributed by atoms with Gasteiger partial charge in [0.25, 0.3) is 0 Å². The molecule has 1 radical (unpaired) electrons. The van der Waals surface area contributed by atoms with Crippen molar-refractivity contribution in [3.63, 3.8) is 0 Å². The molecule has 0 amide bonds. The minimum absolute atomic E-state index is 0.972. The van der Waals surface area contributed by atoms with E-state index in [4.69, 9.17) is 9.90 Å². The van der Waals surface area contributed by atoms with Crippen molar-refractivity contribution in [2.75, 3.05) is 0 Å². The molecule has 5 heteroatoms. The maximum atomic E-state index is 8.89. The van der Waals surface area contributed by atoms with Crippen LogP contribution in [0.5, 0.6) is 0 Å². The van der Waals surface area contributed by atoms with Gasteiger partial charge < -0.3 is 0 Å². The summed E-state index contributed by atoms with van der Waals surface area (Å²) in [4.78, 5) is 8.89. The average Bonchev–Trinajstić information content (AvgIpc) is 1.90. The van der Waals surface area contributed by atoms with Crippen LogP contribution in [-0.4, -0.2) is 21.4 Å². The van der Waals surface area contributed by atoms with E-state index in [1.165, 1.54) is 0 Å². The van der Waals surface area contributed by atoms with Crippen LogP contribution in [-0.2, 0) is 9.90 Å². The first-order valence-corrected chi connectivity index (χ1v) is 2.49. The van der Waals surface area contributed by atoms with Crippen molar-refractivity contribution in [3.05, 3.63) is 18.5 Å². The van der Waals surface area contributed by atoms with Crippen molar-refractivity contribution in [3.8, 4) is 0 Å². The summed E-state index contributed by atoms with van der Waals surface area (Å²) in [5, 5.41) is 19.0. The Morgan fingerprint density at radius 3 is 1.80 bits per heavy atom. The molecule has 0 saturated carbocycles. The molecule has 1 aromatic rings. The Labute approximate surface area is 57.7 Å². The molecule has 0 aliphatic heterocycles. The van der Waals surface area contributed by atoms with Gasteiger partial charge in [-0.25, -0.2) is 9.90 Å². The van der Waals surface area contributed by atoms with Gasteiger partial charge >= 0.3 is 5.97 Å². The summed E-state index contributed by atoms with van der Waals surface area (Å²) in [5.41, 5.74) is 0. The molecule has 1 aromatic heterocycles. The quantitative estimate of drug-likeness (QED) is 0.501. The highest BCUT2D eigenvalue weighted by Crippen LogP contribution is 1.61. The number of aromatic nitrogens is 3. The summed E-state index contributed by atoms with van der Waals surface area (Å²) in [6.45, 7) is 0.972. The highest BCUT2D eigenvalue weighted by Gasteiger charge is 1.71. The molecule has 0 saturated heterocycles. The molecule has 0 bridgehead atoms. The third kappa shape index (κ3) is 9.70. The van der Waals surface area contributed by atoms with Crippen LogP contribution in [0.3, 0.4) is 0 Å². The summed E-state index contributed by atoms with van der Waals surface area (Å²) in [5.74, 6) is -1.08. The molecule has 0 aliphatic carbocycles. The van der Waals surface area contributed by atoms with E-state index in [9.17, 15) is 0 Å². The van der Waals surface area contributed by atoms with Gasteiger partial charge in [-0.15, -0.1) is 10.2 Å². The number of carbonyl (C=O) groups is 1. The summed E-state index contributed by atoms with van der Waals surface area (Å²) >= 11 is 0. The third-order valence-electron chi connectivity index (χ3n) is 0.409. The molecule has 0 fully saturated rings. The smallest absolute Gasteiger partial charge is 0.248 e. The fraction of sp³-hybridized carbons (Fsp3) is 0.200. The summed E-state index contributed by atoms with van der Waals surface area (Å²) < 4.78 is 0. The van der Waals surface area contributed by atoms with E-state index in [2.05, 4.69) is 15.4 Å². The lowest BCUT2D eigenvalue weighted by molar-refractivity contribution is -0.140. The van der Waals surface area contributed by atoms with Gasteiger partial charge in [-0.3, -0.25) is 0 Å². The molecular formula is C5H6N3O2. The molecule has 0 aliphatic rings. The average molecular weight is 140 g/mol. The molecule has 0 N–H and O–H groups in total. The Morgan fingerprint density at radius 2 is 1.70 bits per heavy atom. The first-order chi connectivity index (χ1) is 4.73. The van der Waals surface area contributed by atoms with Gasteiger partial charge in [0.05, 0.1) is 12.4 Å². The highest BCUT2D eigenvalue weighted by atomic mass is 16.4. The zero-order valence-electron chi connectivity index (χ0n) is 5.39. The van der Waals surface area contributed by atoms with Gasteiger partial charge in [0, 0.05) is 6.92 Å². The summed E-state index contributed by atoms with van der Waals surface area (Å²) in [6.07, 6.45) is 3.15. The van der Waals surface area contributed by atoms with E-state index >= 15 is 0 Å². The van der Waals surface area contributed by atoms with E-state index in [1.807, 2.05) is 0 Å². The number of hydrogen-bond acceptors (Lipinski definition) is 4. The molecule has 1 heterocycles. The fourth-order valence-electron chi connectivity index (χ4n) is 0.205. The van der Waals surface area contributed by atoms with Crippen molar-refractivity contribution >= 4 is 5.97 Å². The molecule has 53 valence electrons. The van der Waals surface area contributed by atoms with E-state index in [0.29, 0.717) is 0 Å². The van der Waals surface area contributed by atoms with Crippen LogP contribution in [0.15, 0.2) is 18.5 Å². The number of hydrogen-bond donors (Lipinski definition) is 0. The second-order valence-corrected chi connectivity index (χ2v) is 1.30. The molecule has 10 heavy (non-hydrogen) atoms. The maximum Gasteiger partial charge on any atom is 0.352 e. The zero-order valence-corrected chi connectivity index (χ0v) is 5.39. The Morgan fingerprint density at radius 1 is 1.30 bits per heavy atom. The Kier molecular flexibility index (Phi) is 4.76. The number of nitrogens with zero attached hydrogens (tertiary/aromatic N) is 3. The second kappa shape index (κ2) is 5.61. The zero-order chi connectivity index (χ0) is 7.82. The number of carbonyl (C=O) groups excluding carboxylic acids is 1. The second-order valence-electron chi connectivity index (χ2n) is 1.30. The standard InChI is InChI=1S/C3H3N3.C2H3O2/c1-2-4-6-5-3-1;1-2(3)4/h1-3H;1H3. The van der Waals surface area contributed by atoms with Gasteiger partial charge in [0.2, 0.25) is 0 Å². The minimum Gasteiger partial charge on any atom is -0.248 e. The first kappa shape index (κ1) is 8.48. The Balaban J connectivity index is 0.000000180. The SMILES string of the molecule is CC([O])=O.c1cnnnc1. The molecule has 0 aromatic carbocycles. The van der Waals surface area contributed by atoms with E-state index < -0.39 is 5.97 Å². The maximum absolute atomic E-state index is 8.89. The van der Waals surface area contributed by atoms with Crippen molar-refractivity contribution in [2.45, 2.75) is 6.92 Å². The lowest BCUT2D eigenvalue weighted by Gasteiger charge is -1.68. The Bertz CT molecular complexity index is 147. The van der Waals surface area contributed by atoms with Gasteiger partial charge in [-0.1, -0.05) is 0 Å². The van der Waals surface area contributed by atoms with Crippen LogP contribution < -0.4 is 0 Å². The van der Waals surface area contributed by atoms with Gasteiger partial charge in [0.15, 0.2) is 0 Å². The van der Waals surface area contributed by atoms with E-state index in [1.54, 1.807) is 18.5 Å². The van der Waals surface area contributed by atoms with E-state index in [-0.39, 0.29) is 0 Å². The van der Waals surface area contributed by atoms with Crippen LogP contribution in [0.4, 0.5) is 0 Å². The third-order valence-corrected chi connectivity index (χ3v) is 0.409. The molecule has 0 spiro atoms. The first-order valence-electron chi connectivity index (χ1n) is 2.49. The van der Waals surface area contributed by atoms with Gasteiger partial charge in [-0.05, 0) is 11.3 Å². The van der Waals surface area contributed by atoms with Crippen LogP contribution in [0.1, 0.15) is 6.92 Å². The lowest BCUT2D eigenvalue weighted by Crippen LogP contribution is -1.78. The van der Waals surface area contributed by atoms with Crippen LogP contribution in [0.2, 0.25) is 0 Å². The monoisotopic (exact) mass is 140 g/mol. The van der Waals surface area contributed by atoms with Crippen molar-refractivity contribution in [2.24, 2.45) is 0 Å². The fourth-order valence-corrected chi connectivity index (χ4v) is 0.205. The molecule has 0 unspecified atom stereocenters. The van der Waals surface area contributed by atoms with Crippen molar-refractivity contribution < 1.29 is 9.90 Å². The predicted octanol–water partition coefficient (Wildman–Crippen LogP) is -0.165. The normalized spacial score (nSPS) is 7.30. The minimum atomic E-state index is -1.08. The van der Waals surface area contributed by atoms with E-state index in [0.717, 1.165) is 6.92 Å². The van der Waals surface area contributed by atoms with Crippen molar-refractivity contribution in [1.82, 2.24) is 15.4 Å². The van der Waals surface area contributed by atoms with Gasteiger partial charge in [-0.2, -0.15) is 0 Å². The molecular weight excluding hydrogens is 134 g/mol. The topological polar surface area (TPSA) is 75.6 Å². The number of rotatable bonds is 0. The largest absolute Gasteiger partial charge is 0.352 e. The lowest BCUT2D eigenvalue weighted by atomic mass is 10.7. The summed E-state index contributed by atoms with van der Waals surface area (Å²) in [6, 6.07) is 1.72. The van der Waals surface area contributed by atoms with Crippen LogP contribution in [0.25, 0.3) is 0 Å². The van der Waals surface area contributed by atoms with Crippen LogP contribution >= 0.6 is 0 Å². The highest BCUT2D eigenvalue weighted by molar-refractivity contribution is 5.62. The van der Waals surface area contributed by atoms with Crippen molar-refractivity contribution in [1.29, 1.82) is 0 Å².